The number of anilines is 2. The van der Waals surface area contributed by atoms with Crippen LogP contribution >= 0.6 is 22.9 Å². The average molecular weight is 304 g/mol. The van der Waals surface area contributed by atoms with Gasteiger partial charge in [-0.25, -0.2) is 4.98 Å². The summed E-state index contributed by atoms with van der Waals surface area (Å²) in [5.74, 6) is 1.98. The zero-order valence-corrected chi connectivity index (χ0v) is 9.99. The van der Waals surface area contributed by atoms with Crippen molar-refractivity contribution in [2.75, 3.05) is 34.6 Å². The van der Waals surface area contributed by atoms with Crippen LogP contribution in [0.2, 0.25) is 0 Å². The highest BCUT2D eigenvalue weighted by Crippen LogP contribution is 2.15. The lowest BCUT2D eigenvalue weighted by atomic mass is 10.3. The van der Waals surface area contributed by atoms with Crippen LogP contribution in [0.25, 0.3) is 0 Å². The van der Waals surface area contributed by atoms with Gasteiger partial charge in [-0.05, 0) is 12.1 Å². The zero-order valence-electron chi connectivity index (χ0n) is 7.83. The average Bonchev–Trinajstić information content (AvgIpc) is 2.30. The number of rotatable bonds is 2. The molecule has 2 rings (SSSR count). The van der Waals surface area contributed by atoms with Crippen molar-refractivity contribution in [3.8, 4) is 0 Å². The summed E-state index contributed by atoms with van der Waals surface area (Å²) in [6, 6.07) is 6.06. The van der Waals surface area contributed by atoms with Gasteiger partial charge in [0.15, 0.2) is 0 Å². The Morgan fingerprint density at radius 2 is 2.14 bits per heavy atom. The molecule has 14 heavy (non-hydrogen) atoms. The molecule has 5 heteroatoms. The molecule has 0 aliphatic carbocycles. The second kappa shape index (κ2) is 4.79. The van der Waals surface area contributed by atoms with E-state index in [0.717, 1.165) is 37.8 Å². The van der Waals surface area contributed by atoms with Crippen LogP contribution < -0.4 is 13.7 Å². The third-order valence-corrected chi connectivity index (χ3v) is 2.82. The van der Waals surface area contributed by atoms with Crippen LogP contribution in [0.4, 0.5) is 11.6 Å². The van der Waals surface area contributed by atoms with Gasteiger partial charge in [0, 0.05) is 26.2 Å². The van der Waals surface area contributed by atoms with Crippen molar-refractivity contribution >= 4 is 34.5 Å². The van der Waals surface area contributed by atoms with E-state index in [4.69, 9.17) is 0 Å². The molecule has 0 amide bonds. The number of nitrogens with one attached hydrogen (secondary N) is 2. The summed E-state index contributed by atoms with van der Waals surface area (Å²) >= 11 is 2.10. The van der Waals surface area contributed by atoms with Crippen molar-refractivity contribution in [3.63, 3.8) is 0 Å². The maximum atomic E-state index is 4.49. The molecule has 0 bridgehead atoms. The first-order valence-electron chi connectivity index (χ1n) is 4.69. The van der Waals surface area contributed by atoms with Gasteiger partial charge in [0.05, 0.1) is 22.9 Å². The summed E-state index contributed by atoms with van der Waals surface area (Å²) in [4.78, 5) is 6.79. The molecule has 1 aliphatic heterocycles. The molecule has 0 radical (unpaired) electrons. The van der Waals surface area contributed by atoms with Gasteiger partial charge in [-0.1, -0.05) is 6.07 Å². The lowest BCUT2D eigenvalue weighted by Gasteiger charge is -2.28. The fourth-order valence-electron chi connectivity index (χ4n) is 1.55. The smallest absolute Gasteiger partial charge is 0.137 e. The Morgan fingerprint density at radius 3 is 2.86 bits per heavy atom. The maximum absolute atomic E-state index is 4.49. The highest BCUT2D eigenvalue weighted by atomic mass is 127. The normalized spacial score (nSPS) is 16.8. The van der Waals surface area contributed by atoms with Crippen molar-refractivity contribution in [2.24, 2.45) is 0 Å². The zero-order chi connectivity index (χ0) is 9.80. The minimum Gasteiger partial charge on any atom is -0.354 e. The third-order valence-electron chi connectivity index (χ3n) is 2.27. The topological polar surface area (TPSA) is 40.2 Å². The molecule has 1 saturated heterocycles. The Morgan fingerprint density at radius 1 is 1.36 bits per heavy atom. The van der Waals surface area contributed by atoms with Crippen LogP contribution in [0.1, 0.15) is 0 Å². The van der Waals surface area contributed by atoms with E-state index in [1.165, 1.54) is 0 Å². The van der Waals surface area contributed by atoms with Gasteiger partial charge < -0.3 is 13.7 Å². The van der Waals surface area contributed by atoms with Crippen LogP contribution in [-0.4, -0.2) is 31.2 Å². The van der Waals surface area contributed by atoms with Gasteiger partial charge in [-0.15, -0.1) is 0 Å². The fraction of sp³-hybridized carbons (Fsp3) is 0.444. The predicted octanol–water partition coefficient (Wildman–Crippen LogP) is 1.25. The summed E-state index contributed by atoms with van der Waals surface area (Å²) in [5, 5.41) is 3.33. The molecule has 1 aliphatic rings. The van der Waals surface area contributed by atoms with E-state index < -0.39 is 0 Å². The van der Waals surface area contributed by atoms with E-state index in [-0.39, 0.29) is 0 Å². The standard InChI is InChI=1S/C9H13IN4/c10-13-8-2-1-3-9(12-8)14-6-4-11-5-7-14/h1-3,11H,4-7H2,(H,12,13). The molecule has 2 heterocycles. The quantitative estimate of drug-likeness (QED) is 0.637. The Kier molecular flexibility index (Phi) is 3.41. The van der Waals surface area contributed by atoms with Crippen molar-refractivity contribution in [2.45, 2.75) is 0 Å². The van der Waals surface area contributed by atoms with E-state index in [9.17, 15) is 0 Å². The van der Waals surface area contributed by atoms with Crippen LogP contribution in [0.5, 0.6) is 0 Å². The lowest BCUT2D eigenvalue weighted by molar-refractivity contribution is 0.585. The van der Waals surface area contributed by atoms with Gasteiger partial charge in [-0.3, -0.25) is 0 Å². The van der Waals surface area contributed by atoms with Gasteiger partial charge in [0.25, 0.3) is 0 Å². The molecule has 0 saturated carbocycles. The molecule has 4 nitrogen and oxygen atoms in total. The Labute approximate surface area is 97.6 Å². The van der Waals surface area contributed by atoms with E-state index in [0.29, 0.717) is 0 Å². The van der Waals surface area contributed by atoms with Crippen molar-refractivity contribution in [3.05, 3.63) is 18.2 Å². The molecule has 1 aromatic heterocycles. The minimum absolute atomic E-state index is 0.918. The van der Waals surface area contributed by atoms with Crippen LogP contribution in [0, 0.1) is 0 Å². The van der Waals surface area contributed by atoms with Crippen LogP contribution in [0.3, 0.4) is 0 Å². The van der Waals surface area contributed by atoms with E-state index in [1.807, 2.05) is 12.1 Å². The fourth-order valence-corrected chi connectivity index (χ4v) is 1.85. The number of hydrogen-bond donors (Lipinski definition) is 2. The lowest BCUT2D eigenvalue weighted by Crippen LogP contribution is -2.43. The van der Waals surface area contributed by atoms with E-state index >= 15 is 0 Å². The van der Waals surface area contributed by atoms with Gasteiger partial charge in [-0.2, -0.15) is 0 Å². The van der Waals surface area contributed by atoms with Crippen molar-refractivity contribution in [1.29, 1.82) is 0 Å². The second-order valence-corrected chi connectivity index (χ2v) is 3.75. The Balaban J connectivity index is 2.13. The molecule has 0 aromatic carbocycles. The monoisotopic (exact) mass is 304 g/mol. The molecule has 2 N–H and O–H groups in total. The maximum Gasteiger partial charge on any atom is 0.137 e. The van der Waals surface area contributed by atoms with Gasteiger partial charge in [0.2, 0.25) is 0 Å². The molecular weight excluding hydrogens is 291 g/mol. The van der Waals surface area contributed by atoms with Gasteiger partial charge in [0.1, 0.15) is 11.6 Å². The molecule has 0 unspecified atom stereocenters. The van der Waals surface area contributed by atoms with Crippen LogP contribution in [0.15, 0.2) is 18.2 Å². The number of nitrogens with zero attached hydrogens (tertiary/aromatic N) is 2. The first-order chi connectivity index (χ1) is 6.90. The summed E-state index contributed by atoms with van der Waals surface area (Å²) in [6.45, 7) is 4.17. The van der Waals surface area contributed by atoms with Crippen LogP contribution in [-0.2, 0) is 0 Å². The second-order valence-electron chi connectivity index (χ2n) is 3.21. The first-order valence-corrected chi connectivity index (χ1v) is 5.77. The molecule has 0 spiro atoms. The highest BCUT2D eigenvalue weighted by Gasteiger charge is 2.11. The molecule has 0 atom stereocenters. The molecule has 76 valence electrons. The SMILES string of the molecule is INc1cccc(N2CCNCC2)n1. The molecular formula is C9H13IN4. The van der Waals surface area contributed by atoms with E-state index in [2.05, 4.69) is 47.7 Å². The van der Waals surface area contributed by atoms with E-state index in [1.54, 1.807) is 0 Å². The Bertz CT molecular complexity index is 299. The summed E-state index contributed by atoms with van der Waals surface area (Å²) in [5.41, 5.74) is 0. The number of piperazine rings is 1. The summed E-state index contributed by atoms with van der Waals surface area (Å²) < 4.78 is 3.02. The van der Waals surface area contributed by atoms with Crippen molar-refractivity contribution < 1.29 is 0 Å². The first kappa shape index (κ1) is 9.97. The number of aromatic nitrogens is 1. The predicted molar refractivity (Wildman–Crippen MR) is 67.0 cm³/mol. The number of halogens is 1. The number of pyridine rings is 1. The highest BCUT2D eigenvalue weighted by molar-refractivity contribution is 14.1. The van der Waals surface area contributed by atoms with Crippen molar-refractivity contribution in [1.82, 2.24) is 10.3 Å². The third kappa shape index (κ3) is 2.27. The molecule has 1 aromatic rings. The largest absolute Gasteiger partial charge is 0.354 e. The Hall–Kier alpha value is -0.560. The summed E-state index contributed by atoms with van der Waals surface area (Å²) in [6.07, 6.45) is 0. The number of hydrogen-bond acceptors (Lipinski definition) is 4. The summed E-state index contributed by atoms with van der Waals surface area (Å²) in [7, 11) is 0. The van der Waals surface area contributed by atoms with Gasteiger partial charge >= 0.3 is 0 Å². The molecule has 1 fully saturated rings. The minimum atomic E-state index is 0.918.